The van der Waals surface area contributed by atoms with E-state index < -0.39 is 50.1 Å². The Morgan fingerprint density at radius 1 is 1.17 bits per heavy atom. The second-order valence-electron chi connectivity index (χ2n) is 6.03. The fourth-order valence-electron chi connectivity index (χ4n) is 2.96. The molecule has 1 heterocycles. The van der Waals surface area contributed by atoms with Crippen molar-refractivity contribution in [3.8, 4) is 28.7 Å². The Balaban J connectivity index is 2.04. The van der Waals surface area contributed by atoms with Gasteiger partial charge in [-0.1, -0.05) is 6.07 Å². The molecule has 2 aromatic carbocycles. The zero-order chi connectivity index (χ0) is 21.5. The van der Waals surface area contributed by atoms with E-state index in [9.17, 15) is 32.5 Å². The van der Waals surface area contributed by atoms with Crippen molar-refractivity contribution >= 4 is 21.5 Å². The van der Waals surface area contributed by atoms with Crippen molar-refractivity contribution in [2.75, 3.05) is 7.11 Å². The molecule has 29 heavy (non-hydrogen) atoms. The molecule has 158 valence electrons. The highest BCUT2D eigenvalue weighted by Crippen LogP contribution is 2.46. The zero-order valence-electron chi connectivity index (χ0n) is 14.7. The third-order valence-electron chi connectivity index (χ3n) is 4.22. The average molecular weight is 448 g/mol. The maximum atomic E-state index is 11.3. The van der Waals surface area contributed by atoms with Crippen LogP contribution >= 0.6 is 0 Å². The van der Waals surface area contributed by atoms with Gasteiger partial charge in [0.15, 0.2) is 34.1 Å². The van der Waals surface area contributed by atoms with Crippen molar-refractivity contribution in [1.29, 1.82) is 0 Å². The number of rotatable bonds is 5. The number of hydrogen-bond donors (Lipinski definition) is 5. The van der Waals surface area contributed by atoms with E-state index >= 15 is 0 Å². The van der Waals surface area contributed by atoms with Crippen LogP contribution in [0, 0.1) is 0 Å². The summed E-state index contributed by atoms with van der Waals surface area (Å²) in [5.74, 6) is -1.92. The number of aliphatic hydroxyl groups is 1. The first-order chi connectivity index (χ1) is 13.5. The predicted octanol–water partition coefficient (Wildman–Crippen LogP) is 0.906. The highest BCUT2D eigenvalue weighted by Gasteiger charge is 2.34. The lowest BCUT2D eigenvalue weighted by atomic mass is 9.93. The van der Waals surface area contributed by atoms with Gasteiger partial charge >= 0.3 is 10.4 Å². The lowest BCUT2D eigenvalue weighted by Crippen LogP contribution is -2.30. The molecule has 0 amide bonds. The van der Waals surface area contributed by atoms with Crippen LogP contribution in [-0.2, 0) is 27.9 Å². The topological polar surface area (TPSA) is 180 Å². The third-order valence-corrected chi connectivity index (χ3v) is 5.30. The minimum atomic E-state index is -4.85. The fourth-order valence-corrected chi connectivity index (χ4v) is 3.78. The van der Waals surface area contributed by atoms with Crippen LogP contribution in [0.4, 0.5) is 0 Å². The molecule has 0 spiro atoms. The van der Waals surface area contributed by atoms with Crippen LogP contribution in [0.5, 0.6) is 28.7 Å². The first-order valence-corrected chi connectivity index (χ1v) is 10.4. The number of methoxy groups -OCH3 is 1. The van der Waals surface area contributed by atoms with Gasteiger partial charge < -0.3 is 33.5 Å². The highest BCUT2D eigenvalue weighted by atomic mass is 32.3. The molecule has 5 N–H and O–H groups in total. The number of ether oxygens (including phenoxy) is 2. The monoisotopic (exact) mass is 448 g/mol. The van der Waals surface area contributed by atoms with E-state index in [1.54, 1.807) is 0 Å². The van der Waals surface area contributed by atoms with Crippen molar-refractivity contribution in [1.82, 2.24) is 0 Å². The first kappa shape index (κ1) is 21.1. The lowest BCUT2D eigenvalue weighted by molar-refractivity contribution is 0.0195. The minimum absolute atomic E-state index is 0.0161. The van der Waals surface area contributed by atoms with Gasteiger partial charge in [-0.3, -0.25) is 4.55 Å². The molecule has 0 bridgehead atoms. The van der Waals surface area contributed by atoms with E-state index in [2.05, 4.69) is 4.18 Å². The number of aromatic hydroxyl groups is 2. The minimum Gasteiger partial charge on any atom is -0.504 e. The van der Waals surface area contributed by atoms with Gasteiger partial charge in [-0.2, -0.15) is 8.42 Å². The van der Waals surface area contributed by atoms with Gasteiger partial charge in [0.1, 0.15) is 16.7 Å². The van der Waals surface area contributed by atoms with Crippen LogP contribution in [0.15, 0.2) is 29.2 Å². The van der Waals surface area contributed by atoms with Crippen LogP contribution in [0.25, 0.3) is 0 Å². The van der Waals surface area contributed by atoms with Gasteiger partial charge in [-0.25, -0.2) is 4.21 Å². The number of hydrogen-bond acceptors (Lipinski definition) is 9. The van der Waals surface area contributed by atoms with Crippen molar-refractivity contribution in [2.45, 2.75) is 23.5 Å². The van der Waals surface area contributed by atoms with E-state index in [0.29, 0.717) is 0 Å². The molecule has 0 radical (unpaired) electrons. The number of phenolic OH excluding ortho intramolecular Hbond substituents is 2. The molecular weight excluding hydrogens is 432 g/mol. The Kier molecular flexibility index (Phi) is 5.60. The van der Waals surface area contributed by atoms with Crippen molar-refractivity contribution in [3.05, 3.63) is 35.4 Å². The Hall–Kier alpha value is -2.58. The fraction of sp³-hybridized carbons (Fsp3) is 0.250. The van der Waals surface area contributed by atoms with Crippen molar-refractivity contribution < 1.29 is 50.7 Å². The smallest absolute Gasteiger partial charge is 0.446 e. The van der Waals surface area contributed by atoms with Crippen LogP contribution in [0.2, 0.25) is 0 Å². The molecule has 11 nitrogen and oxygen atoms in total. The maximum Gasteiger partial charge on any atom is 0.446 e. The molecule has 0 saturated heterocycles. The third kappa shape index (κ3) is 4.23. The van der Waals surface area contributed by atoms with Crippen LogP contribution in [0.3, 0.4) is 0 Å². The Morgan fingerprint density at radius 2 is 1.86 bits per heavy atom. The molecule has 3 unspecified atom stereocenters. The number of benzene rings is 2. The van der Waals surface area contributed by atoms with Gasteiger partial charge in [-0.05, 0) is 17.7 Å². The highest BCUT2D eigenvalue weighted by molar-refractivity contribution is 7.81. The molecule has 2 aromatic rings. The van der Waals surface area contributed by atoms with Crippen LogP contribution < -0.4 is 13.7 Å². The van der Waals surface area contributed by atoms with Crippen molar-refractivity contribution in [3.63, 3.8) is 0 Å². The second kappa shape index (κ2) is 7.68. The Bertz CT molecular complexity index is 1080. The summed E-state index contributed by atoms with van der Waals surface area (Å²) in [4.78, 5) is -0.485. The van der Waals surface area contributed by atoms with E-state index in [1.165, 1.54) is 19.2 Å². The molecule has 3 atom stereocenters. The summed E-state index contributed by atoms with van der Waals surface area (Å²) in [6, 6.07) is 4.99. The van der Waals surface area contributed by atoms with Crippen molar-refractivity contribution in [2.24, 2.45) is 0 Å². The quantitative estimate of drug-likeness (QED) is 0.249. The summed E-state index contributed by atoms with van der Waals surface area (Å²) in [5, 5.41) is 30.4. The summed E-state index contributed by atoms with van der Waals surface area (Å²) in [6.07, 6.45) is -2.52. The maximum absolute atomic E-state index is 11.3. The average Bonchev–Trinajstić information content (AvgIpc) is 2.63. The summed E-state index contributed by atoms with van der Waals surface area (Å²) >= 11 is -2.62. The summed E-state index contributed by atoms with van der Waals surface area (Å²) in [5.41, 5.74) is 0.255. The van der Waals surface area contributed by atoms with E-state index in [-0.39, 0.29) is 34.8 Å². The Labute approximate surface area is 167 Å². The number of fused-ring (bicyclic) bond motifs is 1. The Morgan fingerprint density at radius 3 is 2.45 bits per heavy atom. The van der Waals surface area contributed by atoms with Gasteiger partial charge in [0.25, 0.3) is 0 Å². The first-order valence-electron chi connectivity index (χ1n) is 7.90. The molecular formula is C16H16O11S2. The molecule has 0 saturated carbocycles. The van der Waals surface area contributed by atoms with E-state index in [0.717, 1.165) is 12.1 Å². The zero-order valence-corrected chi connectivity index (χ0v) is 16.3. The summed E-state index contributed by atoms with van der Waals surface area (Å²) < 4.78 is 66.7. The molecule has 0 aromatic heterocycles. The standard InChI is InChI=1S/C16H16O11S2/c1-25-10-3-2-7(4-12(10)27-29(22,23)24)16-9(17)5-8-11(26-16)6-13(28(20)21)15(19)14(8)18/h2-4,6,9,16-19H,5H2,1H3,(H,20,21)(H,22,23,24). The lowest BCUT2D eigenvalue weighted by Gasteiger charge is -2.32. The number of aliphatic hydroxyl groups excluding tert-OH is 1. The summed E-state index contributed by atoms with van der Waals surface area (Å²) in [6.45, 7) is 0. The van der Waals surface area contributed by atoms with Gasteiger partial charge in [-0.15, -0.1) is 0 Å². The van der Waals surface area contributed by atoms with Gasteiger partial charge in [0.05, 0.1) is 13.2 Å². The second-order valence-corrected chi connectivity index (χ2v) is 7.99. The molecule has 0 aliphatic carbocycles. The van der Waals surface area contributed by atoms with Crippen LogP contribution in [-0.4, -0.2) is 50.3 Å². The normalized spacial score (nSPS) is 19.7. The van der Waals surface area contributed by atoms with Gasteiger partial charge in [0.2, 0.25) is 0 Å². The molecule has 3 rings (SSSR count). The molecule has 1 aliphatic rings. The number of phenols is 2. The van der Waals surface area contributed by atoms with Crippen LogP contribution in [0.1, 0.15) is 17.2 Å². The largest absolute Gasteiger partial charge is 0.504 e. The summed E-state index contributed by atoms with van der Waals surface area (Å²) in [7, 11) is -3.60. The molecule has 13 heteroatoms. The SMILES string of the molecule is COc1ccc(C2Oc3cc(S(=O)O)c(O)c(O)c3CC2O)cc1OS(=O)(=O)O. The molecule has 1 aliphatic heterocycles. The van der Waals surface area contributed by atoms with E-state index in [1.807, 2.05) is 0 Å². The van der Waals surface area contributed by atoms with E-state index in [4.69, 9.17) is 14.0 Å². The predicted molar refractivity (Wildman–Crippen MR) is 97.1 cm³/mol. The van der Waals surface area contributed by atoms with Gasteiger partial charge in [0, 0.05) is 18.1 Å². The molecule has 0 fully saturated rings.